The van der Waals surface area contributed by atoms with Crippen LogP contribution in [0.5, 0.6) is 5.75 Å². The highest BCUT2D eigenvalue weighted by molar-refractivity contribution is 7.80. The SMILES string of the molecule is CC(CCCCNC(=S)CCCC(=O)O)C(=O)Nc1cccc(O)c1. The number of carbonyl (C=O) groups excluding carboxylic acids is 1. The summed E-state index contributed by atoms with van der Waals surface area (Å²) in [7, 11) is 0. The first-order valence-corrected chi connectivity index (χ1v) is 8.87. The van der Waals surface area contributed by atoms with Crippen molar-refractivity contribution in [1.29, 1.82) is 0 Å². The highest BCUT2D eigenvalue weighted by Gasteiger charge is 2.12. The van der Waals surface area contributed by atoms with Crippen LogP contribution < -0.4 is 10.6 Å². The van der Waals surface area contributed by atoms with Crippen LogP contribution in [-0.4, -0.2) is 33.6 Å². The molecule has 1 atom stereocenters. The minimum absolute atomic E-state index is 0.0669. The Balaban J connectivity index is 2.13. The Bertz CT molecular complexity index is 592. The van der Waals surface area contributed by atoms with Crippen LogP contribution in [0.4, 0.5) is 5.69 Å². The number of thiocarbonyl (C=S) groups is 1. The molecule has 0 heterocycles. The topological polar surface area (TPSA) is 98.7 Å². The molecular weight excluding hydrogens is 340 g/mol. The van der Waals surface area contributed by atoms with Gasteiger partial charge in [0.1, 0.15) is 5.75 Å². The number of anilines is 1. The van der Waals surface area contributed by atoms with Gasteiger partial charge in [0.05, 0.1) is 4.99 Å². The molecule has 25 heavy (non-hydrogen) atoms. The number of unbranched alkanes of at least 4 members (excludes halogenated alkanes) is 1. The summed E-state index contributed by atoms with van der Waals surface area (Å²) in [6.45, 7) is 2.61. The second-order valence-corrected chi connectivity index (χ2v) is 6.53. The number of hydrogen-bond donors (Lipinski definition) is 4. The predicted octanol–water partition coefficient (Wildman–Crippen LogP) is 3.31. The van der Waals surface area contributed by atoms with Crippen molar-refractivity contribution in [2.24, 2.45) is 5.92 Å². The normalized spacial score (nSPS) is 11.6. The number of rotatable bonds is 11. The summed E-state index contributed by atoms with van der Waals surface area (Å²) >= 11 is 5.14. The van der Waals surface area contributed by atoms with Crippen molar-refractivity contribution in [3.63, 3.8) is 0 Å². The van der Waals surface area contributed by atoms with Crippen molar-refractivity contribution < 1.29 is 19.8 Å². The molecule has 1 aromatic carbocycles. The number of benzene rings is 1. The summed E-state index contributed by atoms with van der Waals surface area (Å²) in [5.74, 6) is -0.871. The second kappa shape index (κ2) is 11.4. The van der Waals surface area contributed by atoms with Crippen molar-refractivity contribution in [3.05, 3.63) is 24.3 Å². The van der Waals surface area contributed by atoms with Crippen LogP contribution in [-0.2, 0) is 9.59 Å². The zero-order valence-electron chi connectivity index (χ0n) is 14.5. The van der Waals surface area contributed by atoms with Crippen LogP contribution in [0.3, 0.4) is 0 Å². The molecule has 0 radical (unpaired) electrons. The van der Waals surface area contributed by atoms with E-state index in [4.69, 9.17) is 17.3 Å². The monoisotopic (exact) mass is 366 g/mol. The third-order valence-electron chi connectivity index (χ3n) is 3.74. The Morgan fingerprint density at radius 1 is 1.20 bits per heavy atom. The molecule has 1 amide bonds. The zero-order chi connectivity index (χ0) is 18.7. The summed E-state index contributed by atoms with van der Waals surface area (Å²) in [4.78, 5) is 23.2. The molecule has 1 aromatic rings. The Morgan fingerprint density at radius 3 is 2.64 bits per heavy atom. The van der Waals surface area contributed by atoms with Crippen LogP contribution in [0.15, 0.2) is 24.3 Å². The van der Waals surface area contributed by atoms with Gasteiger partial charge in [-0.15, -0.1) is 0 Å². The van der Waals surface area contributed by atoms with E-state index >= 15 is 0 Å². The molecule has 0 bridgehead atoms. The van der Waals surface area contributed by atoms with E-state index in [1.54, 1.807) is 18.2 Å². The minimum Gasteiger partial charge on any atom is -0.508 e. The van der Waals surface area contributed by atoms with Gasteiger partial charge in [0.25, 0.3) is 0 Å². The maximum absolute atomic E-state index is 12.1. The van der Waals surface area contributed by atoms with Crippen LogP contribution in [0.1, 0.15) is 45.4 Å². The number of phenols is 1. The maximum atomic E-state index is 12.1. The van der Waals surface area contributed by atoms with E-state index in [1.807, 2.05) is 6.92 Å². The highest BCUT2D eigenvalue weighted by atomic mass is 32.1. The van der Waals surface area contributed by atoms with Crippen LogP contribution >= 0.6 is 12.2 Å². The van der Waals surface area contributed by atoms with E-state index in [0.29, 0.717) is 23.5 Å². The molecule has 1 rings (SSSR count). The summed E-state index contributed by atoms with van der Waals surface area (Å²) in [5, 5.41) is 23.9. The first kappa shape index (κ1) is 20.9. The number of carbonyl (C=O) groups is 2. The number of amides is 1. The number of carboxylic acids is 1. The molecule has 138 valence electrons. The van der Waals surface area contributed by atoms with Crippen LogP contribution in [0.25, 0.3) is 0 Å². The Labute approximate surface area is 153 Å². The van der Waals surface area contributed by atoms with Crippen LogP contribution in [0.2, 0.25) is 0 Å². The van der Waals surface area contributed by atoms with Gasteiger partial charge in [-0.1, -0.05) is 31.6 Å². The number of carboxylic acid groups (broad SMARTS) is 1. The molecule has 0 saturated carbocycles. The average molecular weight is 366 g/mol. The molecule has 6 nitrogen and oxygen atoms in total. The standard InChI is InChI=1S/C18H26N2O4S/c1-13(18(24)20-14-7-4-8-15(21)12-14)6-2-3-11-19-16(25)9-5-10-17(22)23/h4,7-8,12-13,21H,2-3,5-6,9-11H2,1H3,(H,19,25)(H,20,24)(H,22,23). The van der Waals surface area contributed by atoms with Gasteiger partial charge in [0.2, 0.25) is 5.91 Å². The Morgan fingerprint density at radius 2 is 1.96 bits per heavy atom. The van der Waals surface area contributed by atoms with E-state index < -0.39 is 5.97 Å². The lowest BCUT2D eigenvalue weighted by atomic mass is 10.0. The molecule has 0 aliphatic carbocycles. The van der Waals surface area contributed by atoms with Gasteiger partial charge >= 0.3 is 5.97 Å². The lowest BCUT2D eigenvalue weighted by molar-refractivity contribution is -0.137. The van der Waals surface area contributed by atoms with Gasteiger partial charge in [0.15, 0.2) is 0 Å². The van der Waals surface area contributed by atoms with E-state index in [9.17, 15) is 14.7 Å². The summed E-state index contributed by atoms with van der Waals surface area (Å²) in [6.07, 6.45) is 3.81. The van der Waals surface area contributed by atoms with Crippen molar-refractivity contribution in [2.45, 2.75) is 45.4 Å². The molecule has 1 unspecified atom stereocenters. The minimum atomic E-state index is -0.805. The first-order valence-electron chi connectivity index (χ1n) is 8.47. The number of nitrogens with one attached hydrogen (secondary N) is 2. The van der Waals surface area contributed by atoms with Gasteiger partial charge in [-0.3, -0.25) is 9.59 Å². The largest absolute Gasteiger partial charge is 0.508 e. The predicted molar refractivity (Wildman–Crippen MR) is 102 cm³/mol. The molecule has 4 N–H and O–H groups in total. The van der Waals surface area contributed by atoms with Gasteiger partial charge < -0.3 is 20.8 Å². The Kier molecular flexibility index (Phi) is 9.54. The first-order chi connectivity index (χ1) is 11.9. The Hall–Kier alpha value is -2.15. The molecule has 0 aliphatic heterocycles. The second-order valence-electron chi connectivity index (χ2n) is 6.03. The molecule has 0 aromatic heterocycles. The molecule has 0 saturated heterocycles. The number of aliphatic carboxylic acids is 1. The maximum Gasteiger partial charge on any atom is 0.303 e. The molecule has 7 heteroatoms. The zero-order valence-corrected chi connectivity index (χ0v) is 15.3. The van der Waals surface area contributed by atoms with Crippen LogP contribution in [0, 0.1) is 5.92 Å². The van der Waals surface area contributed by atoms with Gasteiger partial charge in [-0.05, 0) is 37.8 Å². The third kappa shape index (κ3) is 9.66. The van der Waals surface area contributed by atoms with E-state index in [-0.39, 0.29) is 24.0 Å². The number of phenolic OH excluding ortho intramolecular Hbond substituents is 1. The number of hydrogen-bond acceptors (Lipinski definition) is 4. The van der Waals surface area contributed by atoms with Crippen molar-refractivity contribution >= 4 is 34.8 Å². The van der Waals surface area contributed by atoms with Gasteiger partial charge in [-0.2, -0.15) is 0 Å². The molecule has 0 aliphatic rings. The fraction of sp³-hybridized carbons (Fsp3) is 0.500. The van der Waals surface area contributed by atoms with E-state index in [0.717, 1.165) is 25.8 Å². The fourth-order valence-electron chi connectivity index (χ4n) is 2.27. The van der Waals surface area contributed by atoms with E-state index in [2.05, 4.69) is 10.6 Å². The summed E-state index contributed by atoms with van der Waals surface area (Å²) in [6, 6.07) is 6.48. The van der Waals surface area contributed by atoms with Crippen molar-refractivity contribution in [1.82, 2.24) is 5.32 Å². The molecule has 0 spiro atoms. The van der Waals surface area contributed by atoms with Crippen molar-refractivity contribution in [3.8, 4) is 5.75 Å². The third-order valence-corrected chi connectivity index (χ3v) is 4.09. The summed E-state index contributed by atoms with van der Waals surface area (Å²) in [5.41, 5.74) is 0.588. The average Bonchev–Trinajstić information content (AvgIpc) is 2.54. The molecule has 0 fully saturated rings. The van der Waals surface area contributed by atoms with Gasteiger partial charge in [-0.25, -0.2) is 0 Å². The molecular formula is C18H26N2O4S. The quantitative estimate of drug-likeness (QED) is 0.354. The lowest BCUT2D eigenvalue weighted by Gasteiger charge is -2.13. The summed E-state index contributed by atoms with van der Waals surface area (Å²) < 4.78 is 0. The van der Waals surface area contributed by atoms with E-state index in [1.165, 1.54) is 6.07 Å². The smallest absolute Gasteiger partial charge is 0.303 e. The fourth-order valence-corrected chi connectivity index (χ4v) is 2.52. The van der Waals surface area contributed by atoms with Gasteiger partial charge in [0, 0.05) is 30.6 Å². The lowest BCUT2D eigenvalue weighted by Crippen LogP contribution is -2.23. The number of aromatic hydroxyl groups is 1. The van der Waals surface area contributed by atoms with Crippen molar-refractivity contribution in [2.75, 3.05) is 11.9 Å². The highest BCUT2D eigenvalue weighted by Crippen LogP contribution is 2.17.